The number of nitrogens with zero attached hydrogens (tertiary/aromatic N) is 1. The SMILES string of the molecule is [2H]C([2H])([2H])c1ccc(-c2c(C)ccc3c2oc2cc4c(cc23)C(C)(C([2H])([2H])[2H])c2ccccc2-4)[n+](C)c1. The fraction of sp³-hybridized carbons (Fsp3) is 0.207. The van der Waals surface area contributed by atoms with Gasteiger partial charge in [-0.3, -0.25) is 0 Å². The van der Waals surface area contributed by atoms with Gasteiger partial charge >= 0.3 is 0 Å². The molecular weight excluding hydrogens is 378 g/mol. The molecule has 0 N–H and O–H groups in total. The van der Waals surface area contributed by atoms with Gasteiger partial charge in [0.1, 0.15) is 18.2 Å². The van der Waals surface area contributed by atoms with Crippen molar-refractivity contribution in [3.8, 4) is 22.4 Å². The lowest BCUT2D eigenvalue weighted by molar-refractivity contribution is -0.660. The van der Waals surface area contributed by atoms with E-state index in [1.807, 2.05) is 73.1 Å². The Morgan fingerprint density at radius 1 is 0.935 bits per heavy atom. The van der Waals surface area contributed by atoms with Crippen molar-refractivity contribution >= 4 is 21.9 Å². The van der Waals surface area contributed by atoms with E-state index in [1.165, 1.54) is 0 Å². The highest BCUT2D eigenvalue weighted by molar-refractivity contribution is 6.11. The second kappa shape index (κ2) is 6.07. The van der Waals surface area contributed by atoms with E-state index in [1.54, 1.807) is 19.2 Å². The van der Waals surface area contributed by atoms with Crippen LogP contribution in [-0.2, 0) is 12.5 Å². The van der Waals surface area contributed by atoms with Crippen molar-refractivity contribution in [3.63, 3.8) is 0 Å². The zero-order valence-electron chi connectivity index (χ0n) is 23.7. The summed E-state index contributed by atoms with van der Waals surface area (Å²) in [5, 5.41) is 1.75. The summed E-state index contributed by atoms with van der Waals surface area (Å²) in [5.41, 5.74) is 6.61. The molecule has 1 aliphatic carbocycles. The Bertz CT molecular complexity index is 1740. The quantitative estimate of drug-likeness (QED) is 0.272. The Morgan fingerprint density at radius 2 is 1.81 bits per heavy atom. The number of furan rings is 1. The van der Waals surface area contributed by atoms with Crippen LogP contribution in [0.5, 0.6) is 0 Å². The molecule has 0 bridgehead atoms. The molecule has 2 aromatic heterocycles. The summed E-state index contributed by atoms with van der Waals surface area (Å²) in [6, 6.07) is 19.1. The number of hydrogen-bond donors (Lipinski definition) is 0. The van der Waals surface area contributed by atoms with Crippen LogP contribution in [0.4, 0.5) is 0 Å². The third-order valence-electron chi connectivity index (χ3n) is 6.67. The van der Waals surface area contributed by atoms with Gasteiger partial charge in [0.2, 0.25) is 5.69 Å². The van der Waals surface area contributed by atoms with Gasteiger partial charge in [-0.1, -0.05) is 50.2 Å². The molecule has 2 heterocycles. The number of benzene rings is 3. The smallest absolute Gasteiger partial charge is 0.216 e. The standard InChI is InChI=1S/C29H26NO/c1-17-10-13-25(30(5)16-17)27-18(2)11-12-20-22-14-24-21(15-26(22)31-28(20)27)19-8-6-7-9-23(19)29(24,3)4/h6-16H,1-5H3/q+1/i1D3,3D3. The highest BCUT2D eigenvalue weighted by Gasteiger charge is 2.36. The second-order valence-electron chi connectivity index (χ2n) is 8.71. The monoisotopic (exact) mass is 410 g/mol. The van der Waals surface area contributed by atoms with Crippen molar-refractivity contribution in [2.45, 2.75) is 33.0 Å². The van der Waals surface area contributed by atoms with Crippen LogP contribution in [0.3, 0.4) is 0 Å². The normalized spacial score (nSPS) is 21.0. The van der Waals surface area contributed by atoms with E-state index in [9.17, 15) is 0 Å². The molecule has 0 spiro atoms. The maximum absolute atomic E-state index is 8.45. The van der Waals surface area contributed by atoms with Crippen molar-refractivity contribution in [2.75, 3.05) is 0 Å². The van der Waals surface area contributed by atoms with E-state index in [2.05, 4.69) is 0 Å². The average molecular weight is 411 g/mol. The zero-order valence-corrected chi connectivity index (χ0v) is 17.7. The van der Waals surface area contributed by atoms with Crippen molar-refractivity contribution < 1.29 is 17.2 Å². The summed E-state index contributed by atoms with van der Waals surface area (Å²) in [5.74, 6) is 0. The third kappa shape index (κ3) is 2.42. The zero-order chi connectivity index (χ0) is 26.5. The number of pyridine rings is 1. The van der Waals surface area contributed by atoms with Crippen LogP contribution in [0.1, 0.15) is 44.3 Å². The predicted molar refractivity (Wildman–Crippen MR) is 127 cm³/mol. The van der Waals surface area contributed by atoms with Gasteiger partial charge in [-0.2, -0.15) is 0 Å². The van der Waals surface area contributed by atoms with Crippen LogP contribution in [0.15, 0.2) is 71.3 Å². The Labute approximate surface area is 191 Å². The number of aryl methyl sites for hydroxylation is 3. The van der Waals surface area contributed by atoms with Gasteiger partial charge in [0, 0.05) is 36.0 Å². The third-order valence-corrected chi connectivity index (χ3v) is 6.67. The van der Waals surface area contributed by atoms with Crippen molar-refractivity contribution in [3.05, 3.63) is 89.1 Å². The van der Waals surface area contributed by atoms with Gasteiger partial charge in [-0.15, -0.1) is 0 Å². The first-order chi connectivity index (χ1) is 17.3. The number of aromatic nitrogens is 1. The molecule has 3 aromatic carbocycles. The number of hydrogen-bond acceptors (Lipinski definition) is 1. The van der Waals surface area contributed by atoms with Crippen LogP contribution in [0.25, 0.3) is 44.3 Å². The molecule has 0 saturated heterocycles. The lowest BCUT2D eigenvalue weighted by Crippen LogP contribution is -2.31. The minimum Gasteiger partial charge on any atom is -0.455 e. The second-order valence-corrected chi connectivity index (χ2v) is 8.71. The number of rotatable bonds is 1. The average Bonchev–Trinajstić information content (AvgIpc) is 3.31. The van der Waals surface area contributed by atoms with E-state index in [-0.39, 0.29) is 5.56 Å². The molecule has 6 rings (SSSR count). The fourth-order valence-corrected chi connectivity index (χ4v) is 5.10. The topological polar surface area (TPSA) is 17.0 Å². The van der Waals surface area contributed by atoms with Crippen molar-refractivity contribution in [1.82, 2.24) is 0 Å². The van der Waals surface area contributed by atoms with Gasteiger partial charge in [-0.25, -0.2) is 4.57 Å². The van der Waals surface area contributed by atoms with E-state index in [4.69, 9.17) is 12.6 Å². The van der Waals surface area contributed by atoms with Gasteiger partial charge in [0.25, 0.3) is 0 Å². The predicted octanol–water partition coefficient (Wildman–Crippen LogP) is 7.00. The first-order valence-corrected chi connectivity index (χ1v) is 10.4. The molecule has 0 fully saturated rings. The summed E-state index contributed by atoms with van der Waals surface area (Å²) in [4.78, 5) is 0. The molecule has 1 unspecified atom stereocenters. The molecule has 5 aromatic rings. The van der Waals surface area contributed by atoms with E-state index in [0.717, 1.165) is 49.8 Å². The molecule has 2 nitrogen and oxygen atoms in total. The fourth-order valence-electron chi connectivity index (χ4n) is 5.10. The Kier molecular flexibility index (Phi) is 2.57. The minimum absolute atomic E-state index is 0.271. The maximum atomic E-state index is 8.45. The molecule has 0 aliphatic heterocycles. The van der Waals surface area contributed by atoms with Gasteiger partial charge in [-0.05, 0) is 59.8 Å². The molecule has 152 valence electrons. The summed E-state index contributed by atoms with van der Waals surface area (Å²) >= 11 is 0. The van der Waals surface area contributed by atoms with Crippen LogP contribution in [-0.4, -0.2) is 0 Å². The van der Waals surface area contributed by atoms with E-state index in [0.29, 0.717) is 11.2 Å². The molecule has 31 heavy (non-hydrogen) atoms. The number of fused-ring (bicyclic) bond motifs is 6. The lowest BCUT2D eigenvalue weighted by atomic mass is 9.82. The molecule has 1 aliphatic rings. The summed E-state index contributed by atoms with van der Waals surface area (Å²) in [6.07, 6.45) is 1.64. The van der Waals surface area contributed by atoms with E-state index < -0.39 is 19.1 Å². The largest absolute Gasteiger partial charge is 0.455 e. The van der Waals surface area contributed by atoms with Crippen LogP contribution >= 0.6 is 0 Å². The van der Waals surface area contributed by atoms with E-state index >= 15 is 0 Å². The molecule has 0 saturated carbocycles. The Balaban J connectivity index is 1.65. The van der Waals surface area contributed by atoms with Crippen LogP contribution < -0.4 is 4.57 Å². The maximum Gasteiger partial charge on any atom is 0.216 e. The molecule has 0 amide bonds. The molecule has 1 atom stereocenters. The van der Waals surface area contributed by atoms with Crippen LogP contribution in [0.2, 0.25) is 0 Å². The first kappa shape index (κ1) is 13.1. The highest BCUT2D eigenvalue weighted by atomic mass is 16.3. The lowest BCUT2D eigenvalue weighted by Gasteiger charge is -2.21. The van der Waals surface area contributed by atoms with Crippen molar-refractivity contribution in [1.29, 1.82) is 0 Å². The summed E-state index contributed by atoms with van der Waals surface area (Å²) < 4.78 is 56.9. The van der Waals surface area contributed by atoms with Gasteiger partial charge < -0.3 is 4.42 Å². The van der Waals surface area contributed by atoms with Gasteiger partial charge in [0.15, 0.2) is 6.20 Å². The molecule has 0 radical (unpaired) electrons. The Hall–Kier alpha value is -3.39. The van der Waals surface area contributed by atoms with Gasteiger partial charge in [0.05, 0.1) is 5.56 Å². The first-order valence-electron chi connectivity index (χ1n) is 13.4. The Morgan fingerprint density at radius 3 is 2.61 bits per heavy atom. The summed E-state index contributed by atoms with van der Waals surface area (Å²) in [7, 11) is 1.83. The van der Waals surface area contributed by atoms with Crippen LogP contribution in [0, 0.1) is 13.8 Å². The molecule has 2 heteroatoms. The molecular formula is C29H26NO+. The van der Waals surface area contributed by atoms with Crippen molar-refractivity contribution in [2.24, 2.45) is 7.05 Å². The highest BCUT2D eigenvalue weighted by Crippen LogP contribution is 2.51. The summed E-state index contributed by atoms with van der Waals surface area (Å²) in [6.45, 7) is -0.618. The minimum atomic E-state index is -2.23.